The van der Waals surface area contributed by atoms with Crippen LogP contribution in [0.4, 0.5) is 0 Å². The van der Waals surface area contributed by atoms with Gasteiger partial charge in [-0.3, -0.25) is 0 Å². The van der Waals surface area contributed by atoms with Crippen LogP contribution < -0.4 is 0 Å². The van der Waals surface area contributed by atoms with Crippen LogP contribution in [-0.2, 0) is 4.79 Å². The van der Waals surface area contributed by atoms with Gasteiger partial charge in [0.05, 0.1) is 6.10 Å². The number of hydrogen-bond donors (Lipinski definition) is 2. The van der Waals surface area contributed by atoms with E-state index in [0.29, 0.717) is 12.0 Å². The van der Waals surface area contributed by atoms with E-state index in [-0.39, 0.29) is 0 Å². The van der Waals surface area contributed by atoms with E-state index in [9.17, 15) is 9.90 Å². The van der Waals surface area contributed by atoms with Gasteiger partial charge in [-0.2, -0.15) is 0 Å². The number of aliphatic hydroxyl groups is 1. The molecule has 0 heterocycles. The highest BCUT2D eigenvalue weighted by atomic mass is 16.4. The number of carboxylic acids is 1. The van der Waals surface area contributed by atoms with Crippen LogP contribution in [0.5, 0.6) is 0 Å². The molecule has 0 aliphatic heterocycles. The van der Waals surface area contributed by atoms with Crippen molar-refractivity contribution in [2.75, 3.05) is 0 Å². The lowest BCUT2D eigenvalue weighted by atomic mass is 10.0. The Morgan fingerprint density at radius 2 is 2.42 bits per heavy atom. The molecule has 3 nitrogen and oxygen atoms in total. The zero-order valence-corrected chi connectivity index (χ0v) is 6.47. The van der Waals surface area contributed by atoms with Crippen molar-refractivity contribution >= 4 is 5.97 Å². The average molecular weight is 166 g/mol. The fourth-order valence-corrected chi connectivity index (χ4v) is 0.968. The zero-order chi connectivity index (χ0) is 8.97. The Kier molecular flexibility index (Phi) is 2.82. The van der Waals surface area contributed by atoms with Gasteiger partial charge in [0.2, 0.25) is 0 Å². The standard InChI is InChI=1S/C9H10O3/c10-8-4-2-1-3-7(8)5-6-9(11)12/h1-3,5-6,8,10H,4H2,(H,11,12)/b6-5+/t8-/m0/s1. The highest BCUT2D eigenvalue weighted by Gasteiger charge is 2.08. The molecule has 0 aromatic rings. The summed E-state index contributed by atoms with van der Waals surface area (Å²) in [5, 5.41) is 17.6. The van der Waals surface area contributed by atoms with Gasteiger partial charge in [-0.15, -0.1) is 0 Å². The highest BCUT2D eigenvalue weighted by Crippen LogP contribution is 2.13. The SMILES string of the molecule is O=C(O)/C=C/C1=CC=CC[C@@H]1O. The van der Waals surface area contributed by atoms with Gasteiger partial charge in [-0.25, -0.2) is 4.79 Å². The molecule has 0 saturated carbocycles. The molecule has 1 rings (SSSR count). The molecular weight excluding hydrogens is 156 g/mol. The van der Waals surface area contributed by atoms with E-state index in [1.54, 1.807) is 12.2 Å². The molecule has 0 fully saturated rings. The minimum Gasteiger partial charge on any atom is -0.478 e. The first-order valence-corrected chi connectivity index (χ1v) is 3.66. The van der Waals surface area contributed by atoms with Gasteiger partial charge < -0.3 is 10.2 Å². The summed E-state index contributed by atoms with van der Waals surface area (Å²) in [6.45, 7) is 0. The molecule has 12 heavy (non-hydrogen) atoms. The van der Waals surface area contributed by atoms with Gasteiger partial charge >= 0.3 is 5.97 Å². The van der Waals surface area contributed by atoms with Crippen LogP contribution >= 0.6 is 0 Å². The number of hydrogen-bond acceptors (Lipinski definition) is 2. The fraction of sp³-hybridized carbons (Fsp3) is 0.222. The van der Waals surface area contributed by atoms with Crippen molar-refractivity contribution in [3.63, 3.8) is 0 Å². The maximum absolute atomic E-state index is 10.1. The van der Waals surface area contributed by atoms with Gasteiger partial charge in [0.1, 0.15) is 0 Å². The first-order valence-electron chi connectivity index (χ1n) is 3.66. The first-order chi connectivity index (χ1) is 5.70. The Morgan fingerprint density at radius 1 is 1.67 bits per heavy atom. The predicted octanol–water partition coefficient (Wildman–Crippen LogP) is 0.874. The summed E-state index contributed by atoms with van der Waals surface area (Å²) in [5.41, 5.74) is 0.639. The Bertz CT molecular complexity index is 261. The molecule has 64 valence electrons. The van der Waals surface area contributed by atoms with E-state index < -0.39 is 12.1 Å². The van der Waals surface area contributed by atoms with Crippen LogP contribution in [0.3, 0.4) is 0 Å². The Hall–Kier alpha value is -1.35. The molecule has 0 radical (unpaired) electrons. The van der Waals surface area contributed by atoms with Crippen LogP contribution in [0, 0.1) is 0 Å². The topological polar surface area (TPSA) is 57.5 Å². The van der Waals surface area contributed by atoms with Gasteiger partial charge in [0, 0.05) is 6.08 Å². The molecule has 1 aliphatic rings. The highest BCUT2D eigenvalue weighted by molar-refractivity contribution is 5.80. The van der Waals surface area contributed by atoms with Crippen molar-refractivity contribution in [1.82, 2.24) is 0 Å². The van der Waals surface area contributed by atoms with Crippen molar-refractivity contribution in [2.24, 2.45) is 0 Å². The molecule has 0 saturated heterocycles. The van der Waals surface area contributed by atoms with Crippen molar-refractivity contribution in [3.05, 3.63) is 36.0 Å². The summed E-state index contributed by atoms with van der Waals surface area (Å²) >= 11 is 0. The number of aliphatic hydroxyl groups excluding tert-OH is 1. The molecule has 0 unspecified atom stereocenters. The van der Waals surface area contributed by atoms with E-state index in [4.69, 9.17) is 5.11 Å². The third-order valence-corrected chi connectivity index (χ3v) is 1.59. The molecule has 1 aliphatic carbocycles. The second-order valence-electron chi connectivity index (χ2n) is 2.52. The van der Waals surface area contributed by atoms with Crippen molar-refractivity contribution in [2.45, 2.75) is 12.5 Å². The van der Waals surface area contributed by atoms with E-state index in [1.165, 1.54) is 6.08 Å². The second kappa shape index (κ2) is 3.88. The number of carboxylic acid groups (broad SMARTS) is 1. The van der Waals surface area contributed by atoms with E-state index in [0.717, 1.165) is 6.08 Å². The van der Waals surface area contributed by atoms with Crippen LogP contribution in [0.25, 0.3) is 0 Å². The van der Waals surface area contributed by atoms with Crippen LogP contribution in [-0.4, -0.2) is 22.3 Å². The first kappa shape index (κ1) is 8.74. The van der Waals surface area contributed by atoms with Gasteiger partial charge in [0.25, 0.3) is 0 Å². The summed E-state index contributed by atoms with van der Waals surface area (Å²) in [7, 11) is 0. The lowest BCUT2D eigenvalue weighted by Crippen LogP contribution is -2.09. The Morgan fingerprint density at radius 3 is 3.00 bits per heavy atom. The van der Waals surface area contributed by atoms with E-state index in [1.807, 2.05) is 6.08 Å². The molecule has 2 N–H and O–H groups in total. The number of allylic oxidation sites excluding steroid dienone is 2. The minimum absolute atomic E-state index is 0.551. The quantitative estimate of drug-likeness (QED) is 0.598. The zero-order valence-electron chi connectivity index (χ0n) is 6.47. The van der Waals surface area contributed by atoms with E-state index >= 15 is 0 Å². The third-order valence-electron chi connectivity index (χ3n) is 1.59. The summed E-state index contributed by atoms with van der Waals surface area (Å²) in [6.07, 6.45) is 7.76. The molecular formula is C9H10O3. The molecule has 0 amide bonds. The summed E-state index contributed by atoms with van der Waals surface area (Å²) < 4.78 is 0. The number of carbonyl (C=O) groups is 1. The Labute approximate surface area is 70.3 Å². The summed E-state index contributed by atoms with van der Waals surface area (Å²) in [6, 6.07) is 0. The summed E-state index contributed by atoms with van der Waals surface area (Å²) in [4.78, 5) is 10.1. The molecule has 0 aromatic heterocycles. The van der Waals surface area contributed by atoms with E-state index in [2.05, 4.69) is 0 Å². The Balaban J connectivity index is 2.67. The lowest BCUT2D eigenvalue weighted by molar-refractivity contribution is -0.131. The second-order valence-corrected chi connectivity index (χ2v) is 2.52. The maximum atomic E-state index is 10.1. The van der Waals surface area contributed by atoms with Gasteiger partial charge in [-0.05, 0) is 18.1 Å². The molecule has 0 spiro atoms. The molecule has 0 bridgehead atoms. The smallest absolute Gasteiger partial charge is 0.328 e. The molecule has 0 aromatic carbocycles. The largest absolute Gasteiger partial charge is 0.478 e. The molecule has 3 heteroatoms. The summed E-state index contributed by atoms with van der Waals surface area (Å²) in [5.74, 6) is -1.00. The lowest BCUT2D eigenvalue weighted by Gasteiger charge is -2.11. The molecule has 1 atom stereocenters. The van der Waals surface area contributed by atoms with Crippen LogP contribution in [0.15, 0.2) is 36.0 Å². The maximum Gasteiger partial charge on any atom is 0.328 e. The average Bonchev–Trinajstić information content (AvgIpc) is 2.03. The van der Waals surface area contributed by atoms with Crippen molar-refractivity contribution < 1.29 is 15.0 Å². The minimum atomic E-state index is -1.00. The van der Waals surface area contributed by atoms with Crippen molar-refractivity contribution in [1.29, 1.82) is 0 Å². The van der Waals surface area contributed by atoms with Crippen LogP contribution in [0.2, 0.25) is 0 Å². The number of rotatable bonds is 2. The predicted molar refractivity (Wildman–Crippen MR) is 44.6 cm³/mol. The fourth-order valence-electron chi connectivity index (χ4n) is 0.968. The van der Waals surface area contributed by atoms with Gasteiger partial charge in [0.15, 0.2) is 0 Å². The van der Waals surface area contributed by atoms with Gasteiger partial charge in [-0.1, -0.05) is 18.2 Å². The number of aliphatic carboxylic acids is 1. The van der Waals surface area contributed by atoms with Crippen molar-refractivity contribution in [3.8, 4) is 0 Å². The third kappa shape index (κ3) is 2.36. The monoisotopic (exact) mass is 166 g/mol. The van der Waals surface area contributed by atoms with Crippen LogP contribution in [0.1, 0.15) is 6.42 Å². The normalized spacial score (nSPS) is 22.8.